The molecule has 3 heteroatoms. The lowest BCUT2D eigenvalue weighted by atomic mass is 10.1. The number of esters is 1. The lowest BCUT2D eigenvalue weighted by molar-refractivity contribution is -0.142. The van der Waals surface area contributed by atoms with Crippen LogP contribution in [-0.2, 0) is 9.53 Å². The second kappa shape index (κ2) is 20.0. The average molecular weight is 429 g/mol. The Bertz CT molecular complexity index is 592. The van der Waals surface area contributed by atoms with Gasteiger partial charge in [-0.1, -0.05) is 114 Å². The monoisotopic (exact) mass is 428 g/mol. The van der Waals surface area contributed by atoms with Crippen molar-refractivity contribution in [3.05, 3.63) is 48.0 Å². The molecule has 31 heavy (non-hydrogen) atoms. The van der Waals surface area contributed by atoms with Gasteiger partial charge in [-0.3, -0.25) is 9.59 Å². The molecule has 0 amide bonds. The van der Waals surface area contributed by atoms with E-state index >= 15 is 0 Å². The van der Waals surface area contributed by atoms with Crippen molar-refractivity contribution in [2.24, 2.45) is 0 Å². The van der Waals surface area contributed by atoms with E-state index in [1.165, 1.54) is 83.5 Å². The number of carbonyl (C=O) groups excluding carboxylic acids is 2. The SMILES string of the molecule is CCCCCCCC/C=C/CCCCCCCCCC(=O)OCC(=O)c1ccccc1. The molecule has 0 spiro atoms. The zero-order chi connectivity index (χ0) is 22.4. The number of rotatable bonds is 20. The second-order valence-corrected chi connectivity index (χ2v) is 8.49. The minimum absolute atomic E-state index is 0.147. The summed E-state index contributed by atoms with van der Waals surface area (Å²) in [7, 11) is 0. The van der Waals surface area contributed by atoms with Crippen LogP contribution < -0.4 is 0 Å². The first-order chi connectivity index (χ1) is 15.2. The van der Waals surface area contributed by atoms with Crippen LogP contribution in [0, 0.1) is 0 Å². The molecular formula is C28H44O3. The van der Waals surface area contributed by atoms with Crippen molar-refractivity contribution in [2.45, 2.75) is 110 Å². The maximum Gasteiger partial charge on any atom is 0.306 e. The predicted molar refractivity (Wildman–Crippen MR) is 130 cm³/mol. The molecule has 0 aliphatic carbocycles. The number of hydrogen-bond donors (Lipinski definition) is 0. The fraction of sp³-hybridized carbons (Fsp3) is 0.643. The first kappa shape index (κ1) is 27.1. The molecule has 0 saturated carbocycles. The smallest absolute Gasteiger partial charge is 0.306 e. The Morgan fingerprint density at radius 3 is 1.81 bits per heavy atom. The quantitative estimate of drug-likeness (QED) is 0.0909. The highest BCUT2D eigenvalue weighted by molar-refractivity contribution is 5.97. The van der Waals surface area contributed by atoms with Crippen LogP contribution in [0.3, 0.4) is 0 Å². The zero-order valence-electron chi connectivity index (χ0n) is 19.8. The van der Waals surface area contributed by atoms with Gasteiger partial charge < -0.3 is 4.74 Å². The van der Waals surface area contributed by atoms with E-state index in [2.05, 4.69) is 19.1 Å². The molecule has 0 saturated heterocycles. The lowest BCUT2D eigenvalue weighted by Crippen LogP contribution is -2.13. The average Bonchev–Trinajstić information content (AvgIpc) is 2.80. The number of hydrogen-bond acceptors (Lipinski definition) is 3. The molecular weight excluding hydrogens is 384 g/mol. The Kier molecular flexibility index (Phi) is 17.5. The Labute approximate surface area is 190 Å². The van der Waals surface area contributed by atoms with Gasteiger partial charge in [-0.05, 0) is 32.1 Å². The summed E-state index contributed by atoms with van der Waals surface area (Å²) >= 11 is 0. The standard InChI is InChI=1S/C28H44O3/c1-2-3-4-5-6-7-8-9-10-11-12-13-14-15-16-17-21-24-28(30)31-25-27(29)26-22-19-18-20-23-26/h9-10,18-20,22-23H,2-8,11-17,21,24-25H2,1H3/b10-9+. The van der Waals surface area contributed by atoms with Crippen molar-refractivity contribution in [3.8, 4) is 0 Å². The summed E-state index contributed by atoms with van der Waals surface area (Å²) in [5.74, 6) is -0.414. The highest BCUT2D eigenvalue weighted by atomic mass is 16.5. The van der Waals surface area contributed by atoms with Gasteiger partial charge in [0.15, 0.2) is 12.4 Å². The molecule has 174 valence electrons. The van der Waals surface area contributed by atoms with Crippen LogP contribution in [-0.4, -0.2) is 18.4 Å². The Hall–Kier alpha value is -1.90. The van der Waals surface area contributed by atoms with E-state index < -0.39 is 0 Å². The molecule has 0 N–H and O–H groups in total. The summed E-state index contributed by atoms with van der Waals surface area (Å²) in [6.07, 6.45) is 24.0. The van der Waals surface area contributed by atoms with Crippen molar-refractivity contribution >= 4 is 11.8 Å². The number of ketones is 1. The van der Waals surface area contributed by atoms with Crippen LogP contribution in [0.4, 0.5) is 0 Å². The van der Waals surface area contributed by atoms with Gasteiger partial charge in [0.05, 0.1) is 0 Å². The van der Waals surface area contributed by atoms with E-state index in [0.29, 0.717) is 12.0 Å². The van der Waals surface area contributed by atoms with Gasteiger partial charge in [0, 0.05) is 12.0 Å². The molecule has 1 aromatic rings. The number of Topliss-reactive ketones (excluding diaryl/α,β-unsaturated/α-hetero) is 1. The summed E-state index contributed by atoms with van der Waals surface area (Å²) < 4.78 is 5.09. The van der Waals surface area contributed by atoms with Gasteiger partial charge in [-0.25, -0.2) is 0 Å². The van der Waals surface area contributed by atoms with Gasteiger partial charge >= 0.3 is 5.97 Å². The third kappa shape index (κ3) is 16.5. The van der Waals surface area contributed by atoms with Gasteiger partial charge in [0.1, 0.15) is 0 Å². The van der Waals surface area contributed by atoms with Gasteiger partial charge in [-0.2, -0.15) is 0 Å². The molecule has 1 aromatic carbocycles. The molecule has 0 bridgehead atoms. The van der Waals surface area contributed by atoms with Crippen LogP contribution >= 0.6 is 0 Å². The maximum atomic E-state index is 11.9. The van der Waals surface area contributed by atoms with E-state index in [0.717, 1.165) is 12.8 Å². The normalized spacial score (nSPS) is 11.1. The third-order valence-corrected chi connectivity index (χ3v) is 5.60. The molecule has 0 aliphatic rings. The number of carbonyl (C=O) groups is 2. The van der Waals surface area contributed by atoms with Gasteiger partial charge in [-0.15, -0.1) is 0 Å². The molecule has 0 atom stereocenters. The van der Waals surface area contributed by atoms with E-state index in [9.17, 15) is 9.59 Å². The molecule has 0 aliphatic heterocycles. The summed E-state index contributed by atoms with van der Waals surface area (Å²) in [4.78, 5) is 23.7. The Balaban J connectivity index is 1.83. The fourth-order valence-corrected chi connectivity index (χ4v) is 3.62. The Morgan fingerprint density at radius 1 is 0.710 bits per heavy atom. The number of benzene rings is 1. The van der Waals surface area contributed by atoms with Crippen molar-refractivity contribution < 1.29 is 14.3 Å². The van der Waals surface area contributed by atoms with Crippen molar-refractivity contribution in [2.75, 3.05) is 6.61 Å². The van der Waals surface area contributed by atoms with E-state index in [1.54, 1.807) is 12.1 Å². The molecule has 0 radical (unpaired) electrons. The second-order valence-electron chi connectivity index (χ2n) is 8.49. The maximum absolute atomic E-state index is 11.9. The van der Waals surface area contributed by atoms with Crippen molar-refractivity contribution in [3.63, 3.8) is 0 Å². The highest BCUT2D eigenvalue weighted by Crippen LogP contribution is 2.11. The van der Waals surface area contributed by atoms with Crippen LogP contribution in [0.1, 0.15) is 120 Å². The summed E-state index contributed by atoms with van der Waals surface area (Å²) in [6, 6.07) is 8.95. The zero-order valence-corrected chi connectivity index (χ0v) is 19.8. The lowest BCUT2D eigenvalue weighted by Gasteiger charge is -2.05. The first-order valence-electron chi connectivity index (χ1n) is 12.6. The molecule has 0 heterocycles. The van der Waals surface area contributed by atoms with Gasteiger partial charge in [0.2, 0.25) is 0 Å². The minimum Gasteiger partial charge on any atom is -0.457 e. The summed E-state index contributed by atoms with van der Waals surface area (Å²) in [5, 5.41) is 0. The first-order valence-corrected chi connectivity index (χ1v) is 12.6. The van der Waals surface area contributed by atoms with E-state index in [4.69, 9.17) is 4.74 Å². The van der Waals surface area contributed by atoms with Crippen LogP contribution in [0.2, 0.25) is 0 Å². The van der Waals surface area contributed by atoms with Crippen molar-refractivity contribution in [1.82, 2.24) is 0 Å². The number of allylic oxidation sites excluding steroid dienone is 2. The number of ether oxygens (including phenoxy) is 1. The van der Waals surface area contributed by atoms with Crippen LogP contribution in [0.5, 0.6) is 0 Å². The van der Waals surface area contributed by atoms with Gasteiger partial charge in [0.25, 0.3) is 0 Å². The Morgan fingerprint density at radius 2 is 1.23 bits per heavy atom. The number of unbranched alkanes of at least 4 members (excludes halogenated alkanes) is 13. The molecule has 0 fully saturated rings. The largest absolute Gasteiger partial charge is 0.457 e. The predicted octanol–water partition coefficient (Wildman–Crippen LogP) is 8.23. The van der Waals surface area contributed by atoms with Crippen LogP contribution in [0.15, 0.2) is 42.5 Å². The molecule has 0 aromatic heterocycles. The molecule has 1 rings (SSSR count). The fourth-order valence-electron chi connectivity index (χ4n) is 3.62. The highest BCUT2D eigenvalue weighted by Gasteiger charge is 2.09. The van der Waals surface area contributed by atoms with E-state index in [1.807, 2.05) is 18.2 Å². The van der Waals surface area contributed by atoms with Crippen molar-refractivity contribution in [1.29, 1.82) is 0 Å². The van der Waals surface area contributed by atoms with E-state index in [-0.39, 0.29) is 18.4 Å². The minimum atomic E-state index is -0.267. The summed E-state index contributed by atoms with van der Waals surface area (Å²) in [5.41, 5.74) is 0.587. The topological polar surface area (TPSA) is 43.4 Å². The van der Waals surface area contributed by atoms with Crippen LogP contribution in [0.25, 0.3) is 0 Å². The third-order valence-electron chi connectivity index (χ3n) is 5.60. The molecule has 0 unspecified atom stereocenters. The molecule has 3 nitrogen and oxygen atoms in total. The summed E-state index contributed by atoms with van der Waals surface area (Å²) in [6.45, 7) is 2.11.